The SMILES string of the molecule is COc1c(C)cc(C(C)(C)N)cc1C(C)C. The molecule has 0 fully saturated rings. The molecule has 0 heterocycles. The number of aryl methyl sites for hydroxylation is 1. The van der Waals surface area contributed by atoms with E-state index >= 15 is 0 Å². The van der Waals surface area contributed by atoms with E-state index in [1.807, 2.05) is 13.8 Å². The third-order valence-electron chi connectivity index (χ3n) is 2.87. The maximum atomic E-state index is 6.15. The minimum Gasteiger partial charge on any atom is -0.496 e. The second-order valence-corrected chi connectivity index (χ2v) is 5.29. The van der Waals surface area contributed by atoms with Gasteiger partial charge in [0.2, 0.25) is 0 Å². The van der Waals surface area contributed by atoms with Gasteiger partial charge in [-0.1, -0.05) is 26.0 Å². The van der Waals surface area contributed by atoms with Crippen molar-refractivity contribution in [3.63, 3.8) is 0 Å². The van der Waals surface area contributed by atoms with Gasteiger partial charge < -0.3 is 10.5 Å². The Hall–Kier alpha value is -1.02. The molecule has 0 aliphatic heterocycles. The monoisotopic (exact) mass is 221 g/mol. The highest BCUT2D eigenvalue weighted by Crippen LogP contribution is 2.33. The van der Waals surface area contributed by atoms with E-state index in [0.717, 1.165) is 16.9 Å². The Balaban J connectivity index is 3.40. The van der Waals surface area contributed by atoms with Gasteiger partial charge in [-0.3, -0.25) is 0 Å². The van der Waals surface area contributed by atoms with Crippen LogP contribution in [0.25, 0.3) is 0 Å². The van der Waals surface area contributed by atoms with Gasteiger partial charge in [-0.25, -0.2) is 0 Å². The zero-order valence-corrected chi connectivity index (χ0v) is 11.2. The van der Waals surface area contributed by atoms with Crippen molar-refractivity contribution in [3.05, 3.63) is 28.8 Å². The summed E-state index contributed by atoms with van der Waals surface area (Å²) in [7, 11) is 1.72. The summed E-state index contributed by atoms with van der Waals surface area (Å²) in [6, 6.07) is 4.28. The lowest BCUT2D eigenvalue weighted by atomic mass is 9.89. The fourth-order valence-electron chi connectivity index (χ4n) is 1.88. The van der Waals surface area contributed by atoms with Gasteiger partial charge in [-0.15, -0.1) is 0 Å². The zero-order chi connectivity index (χ0) is 12.5. The minimum absolute atomic E-state index is 0.305. The van der Waals surface area contributed by atoms with Crippen LogP contribution in [0.15, 0.2) is 12.1 Å². The van der Waals surface area contributed by atoms with Crippen LogP contribution in [0.4, 0.5) is 0 Å². The minimum atomic E-state index is -0.305. The number of rotatable bonds is 3. The smallest absolute Gasteiger partial charge is 0.125 e. The van der Waals surface area contributed by atoms with Crippen LogP contribution in [0.3, 0.4) is 0 Å². The van der Waals surface area contributed by atoms with Crippen LogP contribution in [0.2, 0.25) is 0 Å². The Morgan fingerprint density at radius 1 is 1.25 bits per heavy atom. The second kappa shape index (κ2) is 4.46. The average molecular weight is 221 g/mol. The predicted molar refractivity (Wildman–Crippen MR) is 69.0 cm³/mol. The van der Waals surface area contributed by atoms with E-state index < -0.39 is 0 Å². The number of hydrogen-bond donors (Lipinski definition) is 1. The van der Waals surface area contributed by atoms with Crippen molar-refractivity contribution in [1.82, 2.24) is 0 Å². The molecular formula is C14H23NO. The number of hydrogen-bond acceptors (Lipinski definition) is 2. The summed E-state index contributed by atoms with van der Waals surface area (Å²) >= 11 is 0. The quantitative estimate of drug-likeness (QED) is 0.849. The summed E-state index contributed by atoms with van der Waals surface area (Å²) in [6.45, 7) is 10.5. The summed E-state index contributed by atoms with van der Waals surface area (Å²) in [5.41, 5.74) is 9.39. The van der Waals surface area contributed by atoms with Gasteiger partial charge >= 0.3 is 0 Å². The molecule has 0 spiro atoms. The van der Waals surface area contributed by atoms with E-state index in [0.29, 0.717) is 5.92 Å². The normalized spacial score (nSPS) is 12.0. The van der Waals surface area contributed by atoms with Crippen LogP contribution in [-0.4, -0.2) is 7.11 Å². The molecule has 0 atom stereocenters. The van der Waals surface area contributed by atoms with E-state index in [-0.39, 0.29) is 5.54 Å². The van der Waals surface area contributed by atoms with E-state index in [4.69, 9.17) is 10.5 Å². The first kappa shape index (κ1) is 13.0. The van der Waals surface area contributed by atoms with E-state index in [9.17, 15) is 0 Å². The summed E-state index contributed by atoms with van der Waals surface area (Å²) in [4.78, 5) is 0. The summed E-state index contributed by atoms with van der Waals surface area (Å²) in [5.74, 6) is 1.43. The highest BCUT2D eigenvalue weighted by molar-refractivity contribution is 5.47. The Bertz CT molecular complexity index is 375. The molecule has 2 N–H and O–H groups in total. The number of ether oxygens (including phenoxy) is 1. The van der Waals surface area contributed by atoms with Crippen LogP contribution in [-0.2, 0) is 5.54 Å². The van der Waals surface area contributed by atoms with Gasteiger partial charge in [0, 0.05) is 5.54 Å². The van der Waals surface area contributed by atoms with Crippen LogP contribution < -0.4 is 10.5 Å². The maximum Gasteiger partial charge on any atom is 0.125 e. The van der Waals surface area contributed by atoms with Gasteiger partial charge in [0.05, 0.1) is 7.11 Å². The molecule has 16 heavy (non-hydrogen) atoms. The molecular weight excluding hydrogens is 198 g/mol. The Labute approximate surface area is 98.8 Å². The number of benzene rings is 1. The number of nitrogens with two attached hydrogens (primary N) is 1. The molecule has 0 saturated carbocycles. The third kappa shape index (κ3) is 2.56. The van der Waals surface area contributed by atoms with Crippen LogP contribution >= 0.6 is 0 Å². The van der Waals surface area contributed by atoms with Crippen LogP contribution in [0.5, 0.6) is 5.75 Å². The lowest BCUT2D eigenvalue weighted by molar-refractivity contribution is 0.403. The highest BCUT2D eigenvalue weighted by Gasteiger charge is 2.19. The van der Waals surface area contributed by atoms with Crippen LogP contribution in [0, 0.1) is 6.92 Å². The molecule has 1 aromatic carbocycles. The predicted octanol–water partition coefficient (Wildman–Crippen LogP) is 3.32. The Morgan fingerprint density at radius 3 is 2.19 bits per heavy atom. The summed E-state index contributed by atoms with van der Waals surface area (Å²) < 4.78 is 5.46. The lowest BCUT2D eigenvalue weighted by Gasteiger charge is -2.23. The summed E-state index contributed by atoms with van der Waals surface area (Å²) in [6.07, 6.45) is 0. The van der Waals surface area contributed by atoms with Crippen molar-refractivity contribution in [2.75, 3.05) is 7.11 Å². The van der Waals surface area contributed by atoms with Gasteiger partial charge in [0.1, 0.15) is 5.75 Å². The Morgan fingerprint density at radius 2 is 1.81 bits per heavy atom. The molecule has 0 aliphatic carbocycles. The third-order valence-corrected chi connectivity index (χ3v) is 2.87. The Kier molecular flexibility index (Phi) is 3.64. The largest absolute Gasteiger partial charge is 0.496 e. The van der Waals surface area contributed by atoms with Gasteiger partial charge in [0.25, 0.3) is 0 Å². The van der Waals surface area contributed by atoms with E-state index in [1.165, 1.54) is 5.56 Å². The molecule has 2 heteroatoms. The van der Waals surface area contributed by atoms with Gasteiger partial charge in [-0.05, 0) is 43.4 Å². The van der Waals surface area contributed by atoms with Crippen molar-refractivity contribution in [3.8, 4) is 5.75 Å². The van der Waals surface area contributed by atoms with Crippen molar-refractivity contribution in [2.24, 2.45) is 5.73 Å². The first-order valence-electron chi connectivity index (χ1n) is 5.75. The molecule has 0 aliphatic rings. The first-order chi connectivity index (χ1) is 7.27. The van der Waals surface area contributed by atoms with Crippen molar-refractivity contribution in [2.45, 2.75) is 46.1 Å². The average Bonchev–Trinajstić information content (AvgIpc) is 2.14. The molecule has 1 aromatic rings. The zero-order valence-electron chi connectivity index (χ0n) is 11.2. The van der Waals surface area contributed by atoms with Crippen molar-refractivity contribution < 1.29 is 4.74 Å². The molecule has 2 nitrogen and oxygen atoms in total. The second-order valence-electron chi connectivity index (χ2n) is 5.29. The lowest BCUT2D eigenvalue weighted by Crippen LogP contribution is -2.29. The molecule has 0 amide bonds. The molecule has 0 aromatic heterocycles. The standard InChI is InChI=1S/C14H23NO/c1-9(2)12-8-11(14(4,5)15)7-10(3)13(12)16-6/h7-9H,15H2,1-6H3. The van der Waals surface area contributed by atoms with Gasteiger partial charge in [0.15, 0.2) is 0 Å². The molecule has 0 radical (unpaired) electrons. The fourth-order valence-corrected chi connectivity index (χ4v) is 1.88. The molecule has 0 unspecified atom stereocenters. The molecule has 0 saturated heterocycles. The van der Waals surface area contributed by atoms with E-state index in [1.54, 1.807) is 7.11 Å². The van der Waals surface area contributed by atoms with Crippen molar-refractivity contribution in [1.29, 1.82) is 0 Å². The molecule has 1 rings (SSSR count). The first-order valence-corrected chi connectivity index (χ1v) is 5.75. The molecule has 0 bridgehead atoms. The summed E-state index contributed by atoms with van der Waals surface area (Å²) in [5, 5.41) is 0. The topological polar surface area (TPSA) is 35.2 Å². The van der Waals surface area contributed by atoms with E-state index in [2.05, 4.69) is 32.9 Å². The number of methoxy groups -OCH3 is 1. The maximum absolute atomic E-state index is 6.15. The molecule has 90 valence electrons. The fraction of sp³-hybridized carbons (Fsp3) is 0.571. The van der Waals surface area contributed by atoms with Crippen molar-refractivity contribution >= 4 is 0 Å². The van der Waals surface area contributed by atoms with Crippen LogP contribution in [0.1, 0.15) is 50.3 Å². The van der Waals surface area contributed by atoms with Gasteiger partial charge in [-0.2, -0.15) is 0 Å². The highest BCUT2D eigenvalue weighted by atomic mass is 16.5.